The number of phenolic OH excluding ortho intramolecular Hbond substituents is 1. The fraction of sp³-hybridized carbons (Fsp3) is 0.718. The molecule has 8 unspecified atom stereocenters. The van der Waals surface area contributed by atoms with Crippen molar-refractivity contribution in [2.75, 3.05) is 47.8 Å². The molecule has 1 aromatic rings. The van der Waals surface area contributed by atoms with Gasteiger partial charge in [-0.15, -0.1) is 0 Å². The van der Waals surface area contributed by atoms with Crippen molar-refractivity contribution >= 4 is 24.5 Å². The van der Waals surface area contributed by atoms with Crippen molar-refractivity contribution in [2.45, 2.75) is 129 Å². The monoisotopic (exact) mass is 954 g/mol. The van der Waals surface area contributed by atoms with Crippen molar-refractivity contribution in [2.24, 2.45) is 0 Å². The van der Waals surface area contributed by atoms with Gasteiger partial charge in [0.05, 0.1) is 26.9 Å². The molecule has 0 aliphatic carbocycles. The Bertz CT molecular complexity index is 1790. The minimum Gasteiger partial charge on any atom is -0.504 e. The molecule has 0 aromatic heterocycles. The molecule has 27 heteroatoms. The van der Waals surface area contributed by atoms with Crippen LogP contribution in [-0.2, 0) is 71.2 Å². The van der Waals surface area contributed by atoms with Crippen LogP contribution in [-0.4, -0.2) is 246 Å². The molecule has 5 fully saturated rings. The molecule has 5 aliphatic rings. The maximum Gasteiger partial charge on any atom is 0.506 e. The number of hydrogen-bond acceptors (Lipinski definition) is 26. The maximum atomic E-state index is 12.6. The third-order valence-electron chi connectivity index (χ3n) is 11.2. The van der Waals surface area contributed by atoms with E-state index < -0.39 is 168 Å². The second-order valence-electron chi connectivity index (χ2n) is 15.5. The van der Waals surface area contributed by atoms with Crippen molar-refractivity contribution in [1.29, 1.82) is 0 Å². The van der Waals surface area contributed by atoms with E-state index in [1.807, 2.05) is 0 Å². The quantitative estimate of drug-likeness (QED) is 0.0396. The molecule has 372 valence electrons. The predicted octanol–water partition coefficient (Wildman–Crippen LogP) is -5.17. The largest absolute Gasteiger partial charge is 0.506 e. The lowest BCUT2D eigenvalue weighted by atomic mass is 9.98. The molecule has 66 heavy (non-hydrogen) atoms. The van der Waals surface area contributed by atoms with E-state index in [1.54, 1.807) is 0 Å². The van der Waals surface area contributed by atoms with Crippen LogP contribution in [0.1, 0.15) is 5.56 Å². The number of aliphatic hydroxyl groups is 8. The van der Waals surface area contributed by atoms with Crippen molar-refractivity contribution in [3.8, 4) is 11.5 Å². The molecule has 6 rings (SSSR count). The predicted molar refractivity (Wildman–Crippen MR) is 206 cm³/mol. The van der Waals surface area contributed by atoms with E-state index in [4.69, 9.17) is 66.3 Å². The first-order valence-electron chi connectivity index (χ1n) is 20.3. The van der Waals surface area contributed by atoms with Crippen molar-refractivity contribution in [1.82, 2.24) is 0 Å². The van der Waals surface area contributed by atoms with E-state index in [2.05, 4.69) is 0 Å². The minimum absolute atomic E-state index is 0.129. The van der Waals surface area contributed by atoms with E-state index in [0.29, 0.717) is 5.56 Å². The zero-order valence-corrected chi connectivity index (χ0v) is 35.3. The topological polar surface area (TPSA) is 383 Å². The Morgan fingerprint density at radius 1 is 0.667 bits per heavy atom. The van der Waals surface area contributed by atoms with Gasteiger partial charge >= 0.3 is 12.1 Å². The molecule has 0 spiro atoms. The summed E-state index contributed by atoms with van der Waals surface area (Å²) in [6.07, 6.45) is -34.5. The third kappa shape index (κ3) is 11.7. The summed E-state index contributed by atoms with van der Waals surface area (Å²) in [7, 11) is 3.67. The fourth-order valence-electron chi connectivity index (χ4n) is 7.66. The Morgan fingerprint density at radius 2 is 1.32 bits per heavy atom. The summed E-state index contributed by atoms with van der Waals surface area (Å²) in [5.74, 6) is -0.881. The van der Waals surface area contributed by atoms with E-state index in [1.165, 1.54) is 38.5 Å². The smallest absolute Gasteiger partial charge is 0.504 e. The van der Waals surface area contributed by atoms with Crippen LogP contribution >= 0.6 is 0 Å². The summed E-state index contributed by atoms with van der Waals surface area (Å²) in [6, 6.07) is 4.29. The van der Waals surface area contributed by atoms with Gasteiger partial charge in [-0.1, -0.05) is 6.07 Å². The highest BCUT2D eigenvalue weighted by atomic mass is 16.8. The van der Waals surface area contributed by atoms with Gasteiger partial charge in [0.15, 0.2) is 55.3 Å². The van der Waals surface area contributed by atoms with Gasteiger partial charge in [0.2, 0.25) is 0 Å². The lowest BCUT2D eigenvalue weighted by molar-refractivity contribution is -0.379. The van der Waals surface area contributed by atoms with E-state index in [9.17, 15) is 65.4 Å². The van der Waals surface area contributed by atoms with E-state index in [0.717, 1.165) is 13.2 Å². The highest BCUT2D eigenvalue weighted by molar-refractivity contribution is 5.87. The number of esters is 1. The van der Waals surface area contributed by atoms with Gasteiger partial charge in [-0.05, 0) is 23.8 Å². The van der Waals surface area contributed by atoms with Gasteiger partial charge < -0.3 is 122 Å². The first-order chi connectivity index (χ1) is 31.5. The molecule has 5 saturated heterocycles. The average molecular weight is 955 g/mol. The van der Waals surface area contributed by atoms with Crippen molar-refractivity contribution < 1.29 is 132 Å². The molecule has 5 heterocycles. The molecular formula is C39H54O27. The highest BCUT2D eigenvalue weighted by Gasteiger charge is 2.54. The van der Waals surface area contributed by atoms with Crippen LogP contribution in [0.5, 0.6) is 11.5 Å². The van der Waals surface area contributed by atoms with Crippen LogP contribution in [0, 0.1) is 0 Å². The molecule has 21 atom stereocenters. The zero-order chi connectivity index (χ0) is 48.0. The fourth-order valence-corrected chi connectivity index (χ4v) is 7.66. The molecular weight excluding hydrogens is 900 g/mol. The molecule has 10 N–H and O–H groups in total. The number of phenols is 1. The number of benzene rings is 1. The van der Waals surface area contributed by atoms with Crippen LogP contribution in [0.3, 0.4) is 0 Å². The standard InChI is InChI=1S/C39H54O27/c1-53-17-8-14(4-6-15(17)41)5-7-22(43)56-11-19-24(45)27(48)35(62-19)64-31-21(13-58-34(29(31)50)61-20-12-59-37(55-3)33(25(20)46)66-39(51)52)63-38-32(23(44)16(42)10-57-38)65-36-28(49)26(47)30(54-2)18(9-40)60-36/h4-9,16,18-21,23-38,41-42,44-50H,10-13H2,1-3H3,(H,51,52)/b7-5+/t16-,18?,19+,20-,21-,23?,24?,25?,26-,27+,28?,29+,30-,31?,32?,33?,34+,35+,36-,37-,38+/m1/s1. The van der Waals surface area contributed by atoms with Crippen LogP contribution < -0.4 is 4.74 Å². The highest BCUT2D eigenvalue weighted by Crippen LogP contribution is 2.35. The lowest BCUT2D eigenvalue weighted by Crippen LogP contribution is -2.65. The number of aliphatic hydroxyl groups excluding tert-OH is 8. The summed E-state index contributed by atoms with van der Waals surface area (Å²) < 4.78 is 76.9. The van der Waals surface area contributed by atoms with Gasteiger partial charge in [0.1, 0.15) is 98.2 Å². The Morgan fingerprint density at radius 3 is 2.00 bits per heavy atom. The second-order valence-corrected chi connectivity index (χ2v) is 15.5. The van der Waals surface area contributed by atoms with Crippen LogP contribution in [0.15, 0.2) is 24.3 Å². The number of carbonyl (C=O) groups excluding carboxylic acids is 2. The Hall–Kier alpha value is -3.79. The first kappa shape index (κ1) is 51.6. The third-order valence-corrected chi connectivity index (χ3v) is 11.2. The minimum atomic E-state index is -2.00. The lowest BCUT2D eigenvalue weighted by Gasteiger charge is -2.47. The first-order valence-corrected chi connectivity index (χ1v) is 20.3. The molecule has 0 radical (unpaired) electrons. The number of hydrogen-bond donors (Lipinski definition) is 10. The molecule has 27 nitrogen and oxygen atoms in total. The van der Waals surface area contributed by atoms with Crippen molar-refractivity contribution in [3.63, 3.8) is 0 Å². The number of aldehydes is 1. The molecule has 0 bridgehead atoms. The number of ether oxygens (including phenoxy) is 14. The zero-order valence-electron chi connectivity index (χ0n) is 35.3. The average Bonchev–Trinajstić information content (AvgIpc) is 3.57. The number of methoxy groups -OCH3 is 3. The summed E-state index contributed by atoms with van der Waals surface area (Å²) in [5, 5.41) is 107. The number of aromatic hydroxyl groups is 1. The van der Waals surface area contributed by atoms with Crippen LogP contribution in [0.2, 0.25) is 0 Å². The van der Waals surface area contributed by atoms with E-state index >= 15 is 0 Å². The van der Waals surface area contributed by atoms with Gasteiger partial charge in [-0.2, -0.15) is 0 Å². The Kier molecular flexibility index (Phi) is 18.0. The van der Waals surface area contributed by atoms with E-state index in [-0.39, 0.29) is 17.8 Å². The summed E-state index contributed by atoms with van der Waals surface area (Å²) in [4.78, 5) is 35.8. The molecule has 1 aromatic carbocycles. The second kappa shape index (κ2) is 23.0. The van der Waals surface area contributed by atoms with Crippen molar-refractivity contribution in [3.05, 3.63) is 29.8 Å². The summed E-state index contributed by atoms with van der Waals surface area (Å²) in [5.41, 5.74) is 0.461. The molecule has 5 aliphatic heterocycles. The Balaban J connectivity index is 1.19. The number of rotatable bonds is 17. The number of carboxylic acid groups (broad SMARTS) is 1. The number of carbonyl (C=O) groups is 3. The molecule has 0 saturated carbocycles. The normalized spacial score (nSPS) is 41.9. The van der Waals surface area contributed by atoms with Gasteiger partial charge in [-0.3, -0.25) is 0 Å². The summed E-state index contributed by atoms with van der Waals surface area (Å²) in [6.45, 7) is -2.26. The SMILES string of the molecule is COc1cc(/C=C/C(=O)OC[C@@H]2O[C@@H](OC3[C@H](O[C@@H]4OC[C@@H](O)C(O)C4O[C@H]4OC(C=O)[C@@H](OC)[C@H](O)C4O)CO[C@@H](O[C@@H]4CO[C@@H](OC)C(OC(=O)O)C4O)[C@H]3O)[C@@H](O)C2O)ccc1O. The maximum absolute atomic E-state index is 12.6. The van der Waals surface area contributed by atoms with Gasteiger partial charge in [0, 0.05) is 20.3 Å². The Labute approximate surface area is 374 Å². The van der Waals surface area contributed by atoms with Gasteiger partial charge in [0.25, 0.3) is 0 Å². The molecule has 0 amide bonds. The summed E-state index contributed by atoms with van der Waals surface area (Å²) >= 11 is 0. The van der Waals surface area contributed by atoms with Crippen LogP contribution in [0.4, 0.5) is 4.79 Å². The van der Waals surface area contributed by atoms with Gasteiger partial charge in [-0.25, -0.2) is 9.59 Å². The van der Waals surface area contributed by atoms with Crippen LogP contribution in [0.25, 0.3) is 6.08 Å².